The number of rotatable bonds is 6. The van der Waals surface area contributed by atoms with Gasteiger partial charge >= 0.3 is 0 Å². The number of benzene rings is 2. The summed E-state index contributed by atoms with van der Waals surface area (Å²) in [5.74, 6) is 2.93. The van der Waals surface area contributed by atoms with Gasteiger partial charge in [-0.1, -0.05) is 45.0 Å². The van der Waals surface area contributed by atoms with Crippen molar-refractivity contribution >= 4 is 11.8 Å². The molecule has 0 radical (unpaired) electrons. The zero-order valence-electron chi connectivity index (χ0n) is 20.6. The highest BCUT2D eigenvalue weighted by Gasteiger charge is 2.32. The van der Waals surface area contributed by atoms with E-state index in [1.54, 1.807) is 26.0 Å². The van der Waals surface area contributed by atoms with Crippen LogP contribution < -0.4 is 9.47 Å². The van der Waals surface area contributed by atoms with Crippen LogP contribution in [0.3, 0.4) is 0 Å². The second-order valence-electron chi connectivity index (χ2n) is 9.88. The van der Waals surface area contributed by atoms with Crippen molar-refractivity contribution in [3.63, 3.8) is 0 Å². The highest BCUT2D eigenvalue weighted by atomic mass is 32.2. The molecule has 1 aliphatic carbocycles. The minimum absolute atomic E-state index is 0.210. The number of thioether (sulfide) groups is 1. The maximum Gasteiger partial charge on any atom is 0.119 e. The molecule has 0 aliphatic heterocycles. The Morgan fingerprint density at radius 1 is 1.06 bits per heavy atom. The van der Waals surface area contributed by atoms with Crippen LogP contribution in [0.2, 0.25) is 0 Å². The minimum atomic E-state index is 0.210. The molecule has 1 heterocycles. The molecular weight excluding hydrogens is 440 g/mol. The van der Waals surface area contributed by atoms with E-state index in [4.69, 9.17) is 14.5 Å². The average molecular weight is 473 g/mol. The van der Waals surface area contributed by atoms with Gasteiger partial charge in [-0.15, -0.1) is 11.8 Å². The molecule has 4 nitrogen and oxygen atoms in total. The standard InChI is InChI=1S/C29H32N2O2S/c1-29(2,3)21-11-14-26-24(16-21)27(20-9-12-22(32-4)13-10-20)25(17-30)28(31-26)34-18-19-7-6-8-23(15-19)33-5/h6-10,12-13,15,21H,11,14,16,18H2,1-5H3/t21-/m1/s1. The molecule has 1 atom stereocenters. The first-order valence-electron chi connectivity index (χ1n) is 11.7. The molecule has 0 spiro atoms. The first-order chi connectivity index (χ1) is 16.3. The number of aromatic nitrogens is 1. The van der Waals surface area contributed by atoms with Crippen molar-refractivity contribution in [1.82, 2.24) is 4.98 Å². The predicted molar refractivity (Wildman–Crippen MR) is 138 cm³/mol. The number of hydrogen-bond donors (Lipinski definition) is 0. The fourth-order valence-electron chi connectivity index (χ4n) is 4.67. The molecule has 34 heavy (non-hydrogen) atoms. The van der Waals surface area contributed by atoms with Crippen LogP contribution in [0.1, 0.15) is 49.6 Å². The predicted octanol–water partition coefficient (Wildman–Crippen LogP) is 7.08. The lowest BCUT2D eigenvalue weighted by Gasteiger charge is -2.36. The summed E-state index contributed by atoms with van der Waals surface area (Å²) in [5, 5.41) is 11.1. The number of hydrogen-bond acceptors (Lipinski definition) is 5. The summed E-state index contributed by atoms with van der Waals surface area (Å²) in [6.45, 7) is 6.94. The number of ether oxygens (including phenoxy) is 2. The lowest BCUT2D eigenvalue weighted by molar-refractivity contribution is 0.215. The lowest BCUT2D eigenvalue weighted by atomic mass is 9.70. The second-order valence-corrected chi connectivity index (χ2v) is 10.8. The van der Waals surface area contributed by atoms with Gasteiger partial charge in [0.05, 0.1) is 19.8 Å². The topological polar surface area (TPSA) is 55.1 Å². The quantitative estimate of drug-likeness (QED) is 0.359. The van der Waals surface area contributed by atoms with E-state index in [0.29, 0.717) is 11.5 Å². The van der Waals surface area contributed by atoms with Crippen LogP contribution in [-0.4, -0.2) is 19.2 Å². The maximum absolute atomic E-state index is 10.3. The molecule has 1 aliphatic rings. The molecule has 0 N–H and O–H groups in total. The van der Waals surface area contributed by atoms with Crippen LogP contribution >= 0.6 is 11.8 Å². The first-order valence-corrected chi connectivity index (χ1v) is 12.7. The minimum Gasteiger partial charge on any atom is -0.497 e. The van der Waals surface area contributed by atoms with Gasteiger partial charge in [0.1, 0.15) is 22.6 Å². The van der Waals surface area contributed by atoms with Gasteiger partial charge in [-0.2, -0.15) is 5.26 Å². The largest absolute Gasteiger partial charge is 0.497 e. The Labute approximate surface area is 207 Å². The van der Waals surface area contributed by atoms with Gasteiger partial charge < -0.3 is 9.47 Å². The Kier molecular flexibility index (Phi) is 7.19. The van der Waals surface area contributed by atoms with Crippen LogP contribution in [0.5, 0.6) is 11.5 Å². The normalized spacial score (nSPS) is 15.4. The van der Waals surface area contributed by atoms with Crippen LogP contribution in [0.25, 0.3) is 11.1 Å². The van der Waals surface area contributed by atoms with Gasteiger partial charge in [0.25, 0.3) is 0 Å². The van der Waals surface area contributed by atoms with E-state index in [9.17, 15) is 5.26 Å². The van der Waals surface area contributed by atoms with Crippen molar-refractivity contribution in [3.05, 3.63) is 70.9 Å². The lowest BCUT2D eigenvalue weighted by Crippen LogP contribution is -2.28. The Morgan fingerprint density at radius 3 is 2.44 bits per heavy atom. The molecule has 3 aromatic rings. The summed E-state index contributed by atoms with van der Waals surface area (Å²) in [6.07, 6.45) is 3.01. The van der Waals surface area contributed by atoms with Crippen molar-refractivity contribution in [1.29, 1.82) is 5.26 Å². The molecule has 176 valence electrons. The molecule has 1 aromatic heterocycles. The van der Waals surface area contributed by atoms with E-state index in [1.165, 1.54) is 5.56 Å². The smallest absolute Gasteiger partial charge is 0.119 e. The number of aryl methyl sites for hydroxylation is 1. The molecular formula is C29H32N2O2S. The van der Waals surface area contributed by atoms with Crippen LogP contribution in [0.4, 0.5) is 0 Å². The Hall–Kier alpha value is -2.97. The highest BCUT2D eigenvalue weighted by Crippen LogP contribution is 2.43. The molecule has 0 saturated carbocycles. The van der Waals surface area contributed by atoms with Crippen molar-refractivity contribution < 1.29 is 9.47 Å². The van der Waals surface area contributed by atoms with E-state index in [2.05, 4.69) is 45.0 Å². The van der Waals surface area contributed by atoms with Crippen molar-refractivity contribution in [2.24, 2.45) is 11.3 Å². The number of pyridine rings is 1. The Balaban J connectivity index is 1.79. The van der Waals surface area contributed by atoms with Gasteiger partial charge in [-0.25, -0.2) is 4.98 Å². The summed E-state index contributed by atoms with van der Waals surface area (Å²) >= 11 is 1.63. The molecule has 0 saturated heterocycles. The summed E-state index contributed by atoms with van der Waals surface area (Å²) in [6, 6.07) is 18.6. The fraction of sp³-hybridized carbons (Fsp3) is 0.379. The van der Waals surface area contributed by atoms with E-state index in [1.807, 2.05) is 30.3 Å². The monoisotopic (exact) mass is 472 g/mol. The molecule has 0 fully saturated rings. The number of methoxy groups -OCH3 is 2. The van der Waals surface area contributed by atoms with E-state index in [0.717, 1.165) is 63.9 Å². The van der Waals surface area contributed by atoms with Gasteiger partial charge in [0, 0.05) is 17.0 Å². The van der Waals surface area contributed by atoms with Crippen LogP contribution in [0.15, 0.2) is 53.6 Å². The molecule has 0 amide bonds. The second kappa shape index (κ2) is 10.1. The third-order valence-electron chi connectivity index (χ3n) is 6.76. The van der Waals surface area contributed by atoms with Gasteiger partial charge in [0.15, 0.2) is 0 Å². The van der Waals surface area contributed by atoms with E-state index >= 15 is 0 Å². The fourth-order valence-corrected chi connectivity index (χ4v) is 5.62. The third kappa shape index (κ3) is 5.08. The number of nitrogens with zero attached hydrogens (tertiary/aromatic N) is 2. The maximum atomic E-state index is 10.3. The molecule has 4 rings (SSSR count). The average Bonchev–Trinajstić information content (AvgIpc) is 2.85. The summed E-state index contributed by atoms with van der Waals surface area (Å²) in [4.78, 5) is 5.06. The van der Waals surface area contributed by atoms with Crippen LogP contribution in [-0.2, 0) is 18.6 Å². The van der Waals surface area contributed by atoms with Crippen molar-refractivity contribution in [2.75, 3.05) is 14.2 Å². The zero-order valence-corrected chi connectivity index (χ0v) is 21.5. The van der Waals surface area contributed by atoms with Crippen molar-refractivity contribution in [2.45, 2.75) is 50.8 Å². The molecule has 0 bridgehead atoms. The Bertz CT molecular complexity index is 1210. The summed E-state index contributed by atoms with van der Waals surface area (Å²) in [5.41, 5.74) is 6.49. The third-order valence-corrected chi connectivity index (χ3v) is 7.80. The van der Waals surface area contributed by atoms with Gasteiger partial charge in [-0.05, 0) is 71.6 Å². The summed E-state index contributed by atoms with van der Waals surface area (Å²) in [7, 11) is 3.35. The number of nitriles is 1. The number of fused-ring (bicyclic) bond motifs is 1. The van der Waals surface area contributed by atoms with Gasteiger partial charge in [-0.3, -0.25) is 0 Å². The van der Waals surface area contributed by atoms with E-state index < -0.39 is 0 Å². The first kappa shape index (κ1) is 24.2. The molecule has 5 heteroatoms. The SMILES string of the molecule is COc1ccc(-c2c(C#N)c(SCc3cccc(OC)c3)nc3c2C[C@H](C(C)(C)C)CC3)cc1. The molecule has 0 unspecified atom stereocenters. The highest BCUT2D eigenvalue weighted by molar-refractivity contribution is 7.98. The summed E-state index contributed by atoms with van der Waals surface area (Å²) < 4.78 is 10.7. The van der Waals surface area contributed by atoms with E-state index in [-0.39, 0.29) is 5.41 Å². The molecule has 2 aromatic carbocycles. The zero-order chi connectivity index (χ0) is 24.3. The van der Waals surface area contributed by atoms with Crippen LogP contribution in [0, 0.1) is 22.7 Å². The van der Waals surface area contributed by atoms with Crippen molar-refractivity contribution in [3.8, 4) is 28.7 Å². The van der Waals surface area contributed by atoms with Gasteiger partial charge in [0.2, 0.25) is 0 Å². The Morgan fingerprint density at radius 2 is 1.79 bits per heavy atom.